The molecule has 0 spiro atoms. The van der Waals surface area contributed by atoms with Crippen molar-refractivity contribution in [2.45, 2.75) is 44.7 Å². The third-order valence-corrected chi connectivity index (χ3v) is 1.77. The topological polar surface area (TPSA) is 107 Å². The van der Waals surface area contributed by atoms with Crippen molar-refractivity contribution < 1.29 is 30.0 Å². The van der Waals surface area contributed by atoms with Crippen molar-refractivity contribution in [3.05, 3.63) is 12.2 Å². The van der Waals surface area contributed by atoms with Gasteiger partial charge in [-0.1, -0.05) is 0 Å². The summed E-state index contributed by atoms with van der Waals surface area (Å²) in [4.78, 5) is 11.2. The molecule has 3 atom stereocenters. The molecule has 4 N–H and O–H groups in total. The molecule has 0 aromatic rings. The summed E-state index contributed by atoms with van der Waals surface area (Å²) in [7, 11) is 0. The molecular weight excluding hydrogens is 228 g/mol. The van der Waals surface area contributed by atoms with Crippen LogP contribution in [0.15, 0.2) is 12.2 Å². The minimum atomic E-state index is -1.56. The maximum Gasteiger partial charge on any atom is 0.331 e. The van der Waals surface area contributed by atoms with Gasteiger partial charge in [0.15, 0.2) is 0 Å². The van der Waals surface area contributed by atoms with Crippen LogP contribution < -0.4 is 0 Å². The fraction of sp³-hybridized carbons (Fsp3) is 0.727. The molecule has 6 heteroatoms. The van der Waals surface area contributed by atoms with Crippen molar-refractivity contribution in [2.75, 3.05) is 6.61 Å². The highest BCUT2D eigenvalue weighted by atomic mass is 16.6. The first-order valence-corrected chi connectivity index (χ1v) is 5.23. The smallest absolute Gasteiger partial charge is 0.331 e. The number of aliphatic hydroxyl groups is 4. The van der Waals surface area contributed by atoms with E-state index in [1.54, 1.807) is 20.8 Å². The van der Waals surface area contributed by atoms with E-state index >= 15 is 0 Å². The number of rotatable bonds is 5. The van der Waals surface area contributed by atoms with Gasteiger partial charge in [-0.15, -0.1) is 0 Å². The number of ether oxygens (including phenoxy) is 1. The number of hydrogen-bond acceptors (Lipinski definition) is 6. The molecule has 0 amide bonds. The average molecular weight is 248 g/mol. The predicted octanol–water partition coefficient (Wildman–Crippen LogP) is -1.04. The minimum absolute atomic E-state index is 0.643. The van der Waals surface area contributed by atoms with Crippen LogP contribution in [0.3, 0.4) is 0 Å². The van der Waals surface area contributed by atoms with Gasteiger partial charge < -0.3 is 25.2 Å². The summed E-state index contributed by atoms with van der Waals surface area (Å²) in [6.45, 7) is 4.40. The third kappa shape index (κ3) is 7.06. The van der Waals surface area contributed by atoms with Crippen LogP contribution in [0.1, 0.15) is 20.8 Å². The molecule has 0 aliphatic rings. The summed E-state index contributed by atoms with van der Waals surface area (Å²) < 4.78 is 4.92. The second-order valence-electron chi connectivity index (χ2n) is 4.62. The molecule has 0 saturated heterocycles. The van der Waals surface area contributed by atoms with Crippen LogP contribution in [0.4, 0.5) is 0 Å². The second-order valence-corrected chi connectivity index (χ2v) is 4.62. The summed E-state index contributed by atoms with van der Waals surface area (Å²) in [6, 6.07) is 0. The highest BCUT2D eigenvalue weighted by molar-refractivity contribution is 5.82. The molecule has 0 rings (SSSR count). The Hall–Kier alpha value is -0.950. The molecule has 0 saturated carbocycles. The SMILES string of the molecule is CC(C)(C)OC(=O)/C=C/[C@H](O)[C@@H](O)[C@H](O)CO. The first kappa shape index (κ1) is 16.1. The molecule has 0 aromatic heterocycles. The Kier molecular flexibility index (Phi) is 6.33. The summed E-state index contributed by atoms with van der Waals surface area (Å²) >= 11 is 0. The maximum absolute atomic E-state index is 11.2. The molecule has 0 unspecified atom stereocenters. The van der Waals surface area contributed by atoms with Gasteiger partial charge in [-0.2, -0.15) is 0 Å². The average Bonchev–Trinajstić information content (AvgIpc) is 2.21. The van der Waals surface area contributed by atoms with Gasteiger partial charge in [0.2, 0.25) is 0 Å². The van der Waals surface area contributed by atoms with Crippen LogP contribution in [-0.4, -0.2) is 56.9 Å². The Morgan fingerprint density at radius 1 is 1.29 bits per heavy atom. The van der Waals surface area contributed by atoms with Gasteiger partial charge in [-0.05, 0) is 26.8 Å². The van der Waals surface area contributed by atoms with Crippen molar-refractivity contribution in [2.24, 2.45) is 0 Å². The quantitative estimate of drug-likeness (QED) is 0.366. The highest BCUT2D eigenvalue weighted by Gasteiger charge is 2.22. The molecule has 0 fully saturated rings. The lowest BCUT2D eigenvalue weighted by Gasteiger charge is -2.20. The lowest BCUT2D eigenvalue weighted by atomic mass is 10.1. The lowest BCUT2D eigenvalue weighted by Crippen LogP contribution is -2.38. The third-order valence-electron chi connectivity index (χ3n) is 1.77. The largest absolute Gasteiger partial charge is 0.457 e. The maximum atomic E-state index is 11.2. The molecule has 0 bridgehead atoms. The number of aliphatic hydroxyl groups excluding tert-OH is 4. The first-order chi connectivity index (χ1) is 7.67. The van der Waals surface area contributed by atoms with Crippen molar-refractivity contribution in [3.63, 3.8) is 0 Å². The van der Waals surface area contributed by atoms with Crippen LogP contribution >= 0.6 is 0 Å². The van der Waals surface area contributed by atoms with Gasteiger partial charge >= 0.3 is 5.97 Å². The van der Waals surface area contributed by atoms with E-state index in [1.807, 2.05) is 0 Å². The van der Waals surface area contributed by atoms with Crippen molar-refractivity contribution >= 4 is 5.97 Å². The Morgan fingerprint density at radius 3 is 2.24 bits per heavy atom. The normalized spacial score (nSPS) is 17.8. The van der Waals surface area contributed by atoms with Gasteiger partial charge in [0.05, 0.1) is 6.61 Å². The van der Waals surface area contributed by atoms with Crippen LogP contribution in [-0.2, 0) is 9.53 Å². The molecule has 0 radical (unpaired) electrons. The van der Waals surface area contributed by atoms with E-state index in [1.165, 1.54) is 0 Å². The fourth-order valence-corrected chi connectivity index (χ4v) is 0.962. The fourth-order valence-electron chi connectivity index (χ4n) is 0.962. The summed E-state index contributed by atoms with van der Waals surface area (Å²) in [6.07, 6.45) is -2.52. The van der Waals surface area contributed by atoms with E-state index in [4.69, 9.17) is 14.9 Å². The van der Waals surface area contributed by atoms with Crippen molar-refractivity contribution in [1.29, 1.82) is 0 Å². The first-order valence-electron chi connectivity index (χ1n) is 5.23. The number of esters is 1. The van der Waals surface area contributed by atoms with Gasteiger partial charge in [-0.3, -0.25) is 0 Å². The van der Waals surface area contributed by atoms with E-state index in [0.717, 1.165) is 12.2 Å². The Labute approximate surface area is 100 Å². The molecule has 0 heterocycles. The lowest BCUT2D eigenvalue weighted by molar-refractivity contribution is -0.148. The molecule has 0 aromatic carbocycles. The molecule has 0 aliphatic carbocycles. The zero-order chi connectivity index (χ0) is 13.6. The summed E-state index contributed by atoms with van der Waals surface area (Å²) in [5.74, 6) is -0.665. The van der Waals surface area contributed by atoms with Crippen molar-refractivity contribution in [3.8, 4) is 0 Å². The molecule has 100 valence electrons. The number of carbonyl (C=O) groups excluding carboxylic acids is 1. The predicted molar refractivity (Wildman–Crippen MR) is 60.1 cm³/mol. The highest BCUT2D eigenvalue weighted by Crippen LogP contribution is 2.08. The van der Waals surface area contributed by atoms with Gasteiger partial charge in [0.1, 0.15) is 23.9 Å². The minimum Gasteiger partial charge on any atom is -0.457 e. The second kappa shape index (κ2) is 6.70. The van der Waals surface area contributed by atoms with Gasteiger partial charge in [0.25, 0.3) is 0 Å². The molecular formula is C11H20O6. The van der Waals surface area contributed by atoms with E-state index < -0.39 is 36.5 Å². The van der Waals surface area contributed by atoms with Crippen LogP contribution in [0.2, 0.25) is 0 Å². The number of hydrogen-bond donors (Lipinski definition) is 4. The Balaban J connectivity index is 4.28. The standard InChI is InChI=1S/C11H20O6/c1-11(2,3)17-9(15)5-4-7(13)10(16)8(14)6-12/h4-5,7-8,10,12-14,16H,6H2,1-3H3/b5-4+/t7-,8+,10+/m0/s1. The molecule has 0 aliphatic heterocycles. The van der Waals surface area contributed by atoms with Gasteiger partial charge in [-0.25, -0.2) is 4.79 Å². The Bertz CT molecular complexity index is 268. The van der Waals surface area contributed by atoms with E-state index in [9.17, 15) is 15.0 Å². The molecule has 6 nitrogen and oxygen atoms in total. The van der Waals surface area contributed by atoms with Crippen LogP contribution in [0, 0.1) is 0 Å². The van der Waals surface area contributed by atoms with E-state index in [2.05, 4.69) is 0 Å². The van der Waals surface area contributed by atoms with Crippen LogP contribution in [0.5, 0.6) is 0 Å². The van der Waals surface area contributed by atoms with Gasteiger partial charge in [0, 0.05) is 6.08 Å². The van der Waals surface area contributed by atoms with Crippen LogP contribution in [0.25, 0.3) is 0 Å². The summed E-state index contributed by atoms with van der Waals surface area (Å²) in [5.41, 5.74) is -0.643. The van der Waals surface area contributed by atoms with Crippen molar-refractivity contribution in [1.82, 2.24) is 0 Å². The summed E-state index contributed by atoms with van der Waals surface area (Å²) in [5, 5.41) is 36.2. The Morgan fingerprint density at radius 2 is 1.82 bits per heavy atom. The monoisotopic (exact) mass is 248 g/mol. The zero-order valence-electron chi connectivity index (χ0n) is 10.2. The zero-order valence-corrected chi connectivity index (χ0v) is 10.2. The van der Waals surface area contributed by atoms with E-state index in [0.29, 0.717) is 0 Å². The van der Waals surface area contributed by atoms with E-state index in [-0.39, 0.29) is 0 Å². The molecule has 17 heavy (non-hydrogen) atoms. The number of carbonyl (C=O) groups is 1.